The lowest BCUT2D eigenvalue weighted by Crippen LogP contribution is -2.12. The molecule has 0 aliphatic carbocycles. The van der Waals surface area contributed by atoms with Crippen LogP contribution < -0.4 is 10.1 Å². The number of benzene rings is 1. The van der Waals surface area contributed by atoms with Crippen molar-refractivity contribution in [2.45, 2.75) is 27.7 Å². The summed E-state index contributed by atoms with van der Waals surface area (Å²) < 4.78 is 5.31. The third kappa shape index (κ3) is 2.83. The SMILES string of the molecule is COc1c(C)cc(C(=O)Nc2sc(C)c(C)c2C#N)cc1C. The summed E-state index contributed by atoms with van der Waals surface area (Å²) >= 11 is 1.43. The first kappa shape index (κ1) is 16.1. The Balaban J connectivity index is 2.35. The van der Waals surface area contributed by atoms with Crippen LogP contribution in [0.25, 0.3) is 0 Å². The first-order valence-electron chi connectivity index (χ1n) is 6.85. The minimum Gasteiger partial charge on any atom is -0.496 e. The fraction of sp³-hybridized carbons (Fsp3) is 0.294. The molecule has 0 aliphatic heterocycles. The molecule has 4 nitrogen and oxygen atoms in total. The summed E-state index contributed by atoms with van der Waals surface area (Å²) in [6.45, 7) is 7.64. The first-order valence-corrected chi connectivity index (χ1v) is 7.67. The van der Waals surface area contributed by atoms with Crippen molar-refractivity contribution in [2.24, 2.45) is 0 Å². The van der Waals surface area contributed by atoms with E-state index < -0.39 is 0 Å². The number of carbonyl (C=O) groups is 1. The largest absolute Gasteiger partial charge is 0.496 e. The topological polar surface area (TPSA) is 62.1 Å². The molecule has 0 unspecified atom stereocenters. The van der Waals surface area contributed by atoms with Crippen LogP contribution in [0.5, 0.6) is 5.75 Å². The van der Waals surface area contributed by atoms with E-state index in [0.29, 0.717) is 16.1 Å². The summed E-state index contributed by atoms with van der Waals surface area (Å²) in [7, 11) is 1.62. The second-order valence-electron chi connectivity index (χ2n) is 5.20. The zero-order valence-corrected chi connectivity index (χ0v) is 14.1. The second kappa shape index (κ2) is 6.20. The average Bonchev–Trinajstić information content (AvgIpc) is 2.72. The number of aryl methyl sites for hydroxylation is 3. The number of amides is 1. The number of anilines is 1. The number of carbonyl (C=O) groups excluding carboxylic acids is 1. The van der Waals surface area contributed by atoms with Crippen LogP contribution >= 0.6 is 11.3 Å². The maximum atomic E-state index is 12.5. The molecule has 22 heavy (non-hydrogen) atoms. The van der Waals surface area contributed by atoms with Gasteiger partial charge in [-0.25, -0.2) is 0 Å². The van der Waals surface area contributed by atoms with Gasteiger partial charge in [-0.2, -0.15) is 5.26 Å². The maximum absolute atomic E-state index is 12.5. The molecule has 0 saturated heterocycles. The third-order valence-electron chi connectivity index (χ3n) is 3.65. The maximum Gasteiger partial charge on any atom is 0.256 e. The number of nitrogens with zero attached hydrogens (tertiary/aromatic N) is 1. The number of ether oxygens (including phenoxy) is 1. The molecule has 0 radical (unpaired) electrons. The molecule has 1 heterocycles. The number of rotatable bonds is 3. The Morgan fingerprint density at radius 2 is 1.82 bits per heavy atom. The van der Waals surface area contributed by atoms with Crippen LogP contribution in [0.3, 0.4) is 0 Å². The number of methoxy groups -OCH3 is 1. The molecule has 114 valence electrons. The van der Waals surface area contributed by atoms with Crippen LogP contribution in [0.15, 0.2) is 12.1 Å². The predicted octanol–water partition coefficient (Wildman–Crippen LogP) is 4.11. The second-order valence-corrected chi connectivity index (χ2v) is 6.42. The van der Waals surface area contributed by atoms with E-state index in [1.165, 1.54) is 11.3 Å². The highest BCUT2D eigenvalue weighted by Gasteiger charge is 2.17. The van der Waals surface area contributed by atoms with Gasteiger partial charge in [-0.15, -0.1) is 11.3 Å². The van der Waals surface area contributed by atoms with Gasteiger partial charge < -0.3 is 10.1 Å². The number of hydrogen-bond donors (Lipinski definition) is 1. The molecule has 0 atom stereocenters. The van der Waals surface area contributed by atoms with E-state index >= 15 is 0 Å². The molecule has 0 aliphatic rings. The third-order valence-corrected chi connectivity index (χ3v) is 4.77. The van der Waals surface area contributed by atoms with Crippen LogP contribution in [0, 0.1) is 39.0 Å². The average molecular weight is 314 g/mol. The Morgan fingerprint density at radius 3 is 2.32 bits per heavy atom. The van der Waals surface area contributed by atoms with Crippen LogP contribution in [-0.2, 0) is 0 Å². The van der Waals surface area contributed by atoms with E-state index in [-0.39, 0.29) is 5.91 Å². The van der Waals surface area contributed by atoms with E-state index in [2.05, 4.69) is 11.4 Å². The molecule has 0 saturated carbocycles. The van der Waals surface area contributed by atoms with E-state index in [9.17, 15) is 10.1 Å². The zero-order chi connectivity index (χ0) is 16.4. The fourth-order valence-corrected chi connectivity index (χ4v) is 3.43. The van der Waals surface area contributed by atoms with Crippen molar-refractivity contribution in [2.75, 3.05) is 12.4 Å². The van der Waals surface area contributed by atoms with Gasteiger partial charge in [-0.1, -0.05) is 0 Å². The van der Waals surface area contributed by atoms with E-state index in [1.54, 1.807) is 19.2 Å². The fourth-order valence-electron chi connectivity index (χ4n) is 2.43. The highest BCUT2D eigenvalue weighted by atomic mass is 32.1. The highest BCUT2D eigenvalue weighted by molar-refractivity contribution is 7.16. The van der Waals surface area contributed by atoms with Crippen molar-refractivity contribution in [3.63, 3.8) is 0 Å². The van der Waals surface area contributed by atoms with Gasteiger partial charge in [0.05, 0.1) is 12.7 Å². The summed E-state index contributed by atoms with van der Waals surface area (Å²) in [6.07, 6.45) is 0. The van der Waals surface area contributed by atoms with Gasteiger partial charge in [0.2, 0.25) is 0 Å². The van der Waals surface area contributed by atoms with E-state index in [1.807, 2.05) is 27.7 Å². The van der Waals surface area contributed by atoms with Crippen molar-refractivity contribution in [1.29, 1.82) is 5.26 Å². The normalized spacial score (nSPS) is 10.2. The Hall–Kier alpha value is -2.32. The smallest absolute Gasteiger partial charge is 0.256 e. The minimum atomic E-state index is -0.216. The van der Waals surface area contributed by atoms with Gasteiger partial charge in [0.25, 0.3) is 5.91 Å². The van der Waals surface area contributed by atoms with Gasteiger partial charge in [0.1, 0.15) is 16.8 Å². The molecule has 0 spiro atoms. The lowest BCUT2D eigenvalue weighted by Gasteiger charge is -2.11. The van der Waals surface area contributed by atoms with Crippen molar-refractivity contribution in [3.8, 4) is 11.8 Å². The van der Waals surface area contributed by atoms with Crippen LogP contribution in [-0.4, -0.2) is 13.0 Å². The van der Waals surface area contributed by atoms with Crippen LogP contribution in [0.1, 0.15) is 37.5 Å². The molecular weight excluding hydrogens is 296 g/mol. The molecule has 1 amide bonds. The molecular formula is C17H18N2O2S. The molecule has 0 bridgehead atoms. The van der Waals surface area contributed by atoms with Crippen molar-refractivity contribution >= 4 is 22.2 Å². The summed E-state index contributed by atoms with van der Waals surface area (Å²) in [6, 6.07) is 5.74. The molecule has 1 aromatic carbocycles. The van der Waals surface area contributed by atoms with Crippen molar-refractivity contribution < 1.29 is 9.53 Å². The van der Waals surface area contributed by atoms with E-state index in [4.69, 9.17) is 4.74 Å². The lowest BCUT2D eigenvalue weighted by molar-refractivity contribution is 0.102. The molecule has 1 N–H and O–H groups in total. The van der Waals surface area contributed by atoms with Gasteiger partial charge in [-0.3, -0.25) is 4.79 Å². The highest BCUT2D eigenvalue weighted by Crippen LogP contribution is 2.32. The molecule has 2 rings (SSSR count). The number of nitriles is 1. The lowest BCUT2D eigenvalue weighted by atomic mass is 10.1. The van der Waals surface area contributed by atoms with Crippen molar-refractivity contribution in [3.05, 3.63) is 44.8 Å². The molecule has 0 fully saturated rings. The molecule has 1 aromatic heterocycles. The number of nitrogens with one attached hydrogen (secondary N) is 1. The standard InChI is InChI=1S/C17H18N2O2S/c1-9-6-13(7-10(2)15(9)21-5)16(20)19-17-14(8-18)11(3)12(4)22-17/h6-7H,1-5H3,(H,19,20). The first-order chi connectivity index (χ1) is 10.4. The number of hydrogen-bond acceptors (Lipinski definition) is 4. The predicted molar refractivity (Wildman–Crippen MR) is 88.9 cm³/mol. The summed E-state index contributed by atoms with van der Waals surface area (Å²) in [5.41, 5.74) is 3.84. The molecule has 5 heteroatoms. The zero-order valence-electron chi connectivity index (χ0n) is 13.3. The quantitative estimate of drug-likeness (QED) is 0.927. The summed E-state index contributed by atoms with van der Waals surface area (Å²) in [4.78, 5) is 13.5. The summed E-state index contributed by atoms with van der Waals surface area (Å²) in [5, 5.41) is 12.7. The van der Waals surface area contributed by atoms with Gasteiger partial charge in [0, 0.05) is 10.4 Å². The van der Waals surface area contributed by atoms with Gasteiger partial charge in [-0.05, 0) is 56.5 Å². The Labute approximate surface area is 134 Å². The van der Waals surface area contributed by atoms with Crippen molar-refractivity contribution in [1.82, 2.24) is 0 Å². The Morgan fingerprint density at radius 1 is 1.23 bits per heavy atom. The molecule has 2 aromatic rings. The van der Waals surface area contributed by atoms with Gasteiger partial charge >= 0.3 is 0 Å². The van der Waals surface area contributed by atoms with Gasteiger partial charge in [0.15, 0.2) is 0 Å². The van der Waals surface area contributed by atoms with E-state index in [0.717, 1.165) is 27.3 Å². The van der Waals surface area contributed by atoms with Crippen LogP contribution in [0.4, 0.5) is 5.00 Å². The summed E-state index contributed by atoms with van der Waals surface area (Å²) in [5.74, 6) is 0.573. The number of thiophene rings is 1. The Kier molecular flexibility index (Phi) is 4.53. The Bertz CT molecular complexity index is 762. The minimum absolute atomic E-state index is 0.216. The van der Waals surface area contributed by atoms with Crippen LogP contribution in [0.2, 0.25) is 0 Å². The monoisotopic (exact) mass is 314 g/mol.